The molecule has 3 aromatic heterocycles. The van der Waals surface area contributed by atoms with Crippen molar-refractivity contribution in [1.82, 2.24) is 19.8 Å². The fourth-order valence-corrected chi connectivity index (χ4v) is 4.07. The molecule has 1 aliphatic rings. The van der Waals surface area contributed by atoms with Gasteiger partial charge in [-0.15, -0.1) is 15.3 Å². The first kappa shape index (κ1) is 14.6. The van der Waals surface area contributed by atoms with Crippen molar-refractivity contribution in [2.45, 2.75) is 32.6 Å². The third kappa shape index (κ3) is 2.83. The molecule has 0 bridgehead atoms. The van der Waals surface area contributed by atoms with E-state index < -0.39 is 0 Å². The lowest BCUT2D eigenvalue weighted by Gasteiger charge is -2.33. The third-order valence-corrected chi connectivity index (χ3v) is 5.25. The molecule has 6 heteroatoms. The molecule has 3 aromatic rings. The minimum Gasteiger partial charge on any atom is -0.355 e. The van der Waals surface area contributed by atoms with Crippen LogP contribution >= 0.6 is 11.3 Å². The Morgan fingerprint density at radius 2 is 2.22 bits per heavy atom. The second-order valence-corrected chi connectivity index (χ2v) is 7.02. The van der Waals surface area contributed by atoms with Gasteiger partial charge in [0.2, 0.25) is 0 Å². The summed E-state index contributed by atoms with van der Waals surface area (Å²) in [5.41, 5.74) is 1.88. The van der Waals surface area contributed by atoms with E-state index in [1.807, 2.05) is 10.6 Å². The molecule has 0 N–H and O–H groups in total. The van der Waals surface area contributed by atoms with Gasteiger partial charge in [-0.3, -0.25) is 0 Å². The van der Waals surface area contributed by atoms with Gasteiger partial charge in [-0.1, -0.05) is 13.3 Å². The van der Waals surface area contributed by atoms with E-state index in [1.54, 1.807) is 11.3 Å². The van der Waals surface area contributed by atoms with Crippen molar-refractivity contribution >= 4 is 22.8 Å². The van der Waals surface area contributed by atoms with E-state index in [0.29, 0.717) is 0 Å². The van der Waals surface area contributed by atoms with Crippen molar-refractivity contribution in [3.8, 4) is 11.4 Å². The molecule has 4 heterocycles. The Bertz CT molecular complexity index is 777. The highest BCUT2D eigenvalue weighted by Crippen LogP contribution is 2.26. The predicted molar refractivity (Wildman–Crippen MR) is 93.9 cm³/mol. The number of aromatic nitrogens is 4. The Morgan fingerprint density at radius 3 is 3.04 bits per heavy atom. The largest absolute Gasteiger partial charge is 0.355 e. The molecule has 5 nitrogen and oxygen atoms in total. The molecule has 0 amide bonds. The first-order valence-electron chi connectivity index (χ1n) is 8.35. The molecule has 1 fully saturated rings. The van der Waals surface area contributed by atoms with Crippen LogP contribution in [0.4, 0.5) is 5.82 Å². The zero-order valence-corrected chi connectivity index (χ0v) is 14.2. The van der Waals surface area contributed by atoms with E-state index in [0.717, 1.165) is 41.9 Å². The topological polar surface area (TPSA) is 46.3 Å². The fourth-order valence-electron chi connectivity index (χ4n) is 3.44. The number of rotatable bonds is 4. The third-order valence-electron chi connectivity index (χ3n) is 4.57. The molecule has 0 aliphatic carbocycles. The lowest BCUT2D eigenvalue weighted by atomic mass is 9.94. The predicted octanol–water partition coefficient (Wildman–Crippen LogP) is 3.87. The van der Waals surface area contributed by atoms with Gasteiger partial charge in [-0.25, -0.2) is 0 Å². The molecule has 4 rings (SSSR count). The Hall–Kier alpha value is -1.95. The quantitative estimate of drug-likeness (QED) is 0.730. The van der Waals surface area contributed by atoms with Crippen LogP contribution in [0.5, 0.6) is 0 Å². The van der Waals surface area contributed by atoms with Crippen molar-refractivity contribution in [2.24, 2.45) is 5.92 Å². The number of anilines is 1. The molecular formula is C17H21N5S. The normalized spacial score (nSPS) is 18.7. The van der Waals surface area contributed by atoms with Gasteiger partial charge in [-0.05, 0) is 48.8 Å². The zero-order chi connectivity index (χ0) is 15.6. The van der Waals surface area contributed by atoms with Crippen LogP contribution in [0.15, 0.2) is 29.0 Å². The molecule has 0 aromatic carbocycles. The summed E-state index contributed by atoms with van der Waals surface area (Å²) in [6.45, 7) is 4.48. The van der Waals surface area contributed by atoms with Gasteiger partial charge in [0.15, 0.2) is 11.5 Å². The van der Waals surface area contributed by atoms with Crippen LogP contribution in [0.2, 0.25) is 0 Å². The maximum absolute atomic E-state index is 4.83. The summed E-state index contributed by atoms with van der Waals surface area (Å²) in [5, 5.41) is 17.5. The fraction of sp³-hybridized carbons (Fsp3) is 0.471. The average Bonchev–Trinajstić information content (AvgIpc) is 3.24. The van der Waals surface area contributed by atoms with Crippen molar-refractivity contribution in [3.05, 3.63) is 29.0 Å². The molecule has 1 atom stereocenters. The number of fused-ring (bicyclic) bond motifs is 1. The molecule has 0 spiro atoms. The van der Waals surface area contributed by atoms with Gasteiger partial charge in [0.25, 0.3) is 0 Å². The molecule has 0 saturated carbocycles. The maximum Gasteiger partial charge on any atom is 0.186 e. The highest BCUT2D eigenvalue weighted by Gasteiger charge is 2.21. The van der Waals surface area contributed by atoms with Crippen LogP contribution in [0.1, 0.15) is 32.6 Å². The second-order valence-electron chi connectivity index (χ2n) is 6.24. The van der Waals surface area contributed by atoms with Crippen molar-refractivity contribution in [1.29, 1.82) is 0 Å². The highest BCUT2D eigenvalue weighted by molar-refractivity contribution is 7.08. The number of hydrogen-bond acceptors (Lipinski definition) is 5. The van der Waals surface area contributed by atoms with Crippen LogP contribution in [-0.2, 0) is 0 Å². The van der Waals surface area contributed by atoms with Crippen molar-refractivity contribution in [3.63, 3.8) is 0 Å². The summed E-state index contributed by atoms with van der Waals surface area (Å²) >= 11 is 1.67. The van der Waals surface area contributed by atoms with Gasteiger partial charge in [0.1, 0.15) is 5.82 Å². The molecule has 1 unspecified atom stereocenters. The Balaban J connectivity index is 1.67. The Morgan fingerprint density at radius 1 is 1.26 bits per heavy atom. The van der Waals surface area contributed by atoms with Crippen LogP contribution in [0, 0.1) is 5.92 Å². The van der Waals surface area contributed by atoms with Crippen LogP contribution < -0.4 is 4.90 Å². The molecule has 23 heavy (non-hydrogen) atoms. The van der Waals surface area contributed by atoms with E-state index in [9.17, 15) is 0 Å². The van der Waals surface area contributed by atoms with Gasteiger partial charge in [0.05, 0.1) is 0 Å². The molecule has 1 aliphatic heterocycles. The summed E-state index contributed by atoms with van der Waals surface area (Å²) in [6.07, 6.45) is 5.17. The second kappa shape index (κ2) is 6.28. The molecule has 0 radical (unpaired) electrons. The van der Waals surface area contributed by atoms with Crippen LogP contribution in [0.3, 0.4) is 0 Å². The lowest BCUT2D eigenvalue weighted by Crippen LogP contribution is -2.36. The SMILES string of the molecule is CCCC1CCCN(c2ccc3nnc(-c4ccsc4)n3n2)C1. The number of hydrogen-bond donors (Lipinski definition) is 0. The van der Waals surface area contributed by atoms with E-state index >= 15 is 0 Å². The average molecular weight is 327 g/mol. The van der Waals surface area contributed by atoms with E-state index in [1.165, 1.54) is 25.7 Å². The van der Waals surface area contributed by atoms with Crippen molar-refractivity contribution < 1.29 is 0 Å². The monoisotopic (exact) mass is 327 g/mol. The summed E-state index contributed by atoms with van der Waals surface area (Å²) in [6, 6.07) is 6.16. The van der Waals surface area contributed by atoms with Crippen molar-refractivity contribution in [2.75, 3.05) is 18.0 Å². The van der Waals surface area contributed by atoms with E-state index in [4.69, 9.17) is 5.10 Å². The smallest absolute Gasteiger partial charge is 0.186 e. The Labute approximate surface area is 140 Å². The standard InChI is InChI=1S/C17H21N5S/c1-2-4-13-5-3-9-21(11-13)16-7-6-15-18-19-17(22(15)20-16)14-8-10-23-12-14/h6-8,10,12-13H,2-5,9,11H2,1H3. The minimum absolute atomic E-state index is 0.795. The first-order chi connectivity index (χ1) is 11.3. The maximum atomic E-state index is 4.83. The number of thiophene rings is 1. The van der Waals surface area contributed by atoms with Gasteiger partial charge < -0.3 is 4.90 Å². The number of nitrogens with zero attached hydrogens (tertiary/aromatic N) is 5. The van der Waals surface area contributed by atoms with Gasteiger partial charge >= 0.3 is 0 Å². The molecule has 1 saturated heterocycles. The Kier molecular flexibility index (Phi) is 3.99. The van der Waals surface area contributed by atoms with E-state index in [-0.39, 0.29) is 0 Å². The lowest BCUT2D eigenvalue weighted by molar-refractivity contribution is 0.386. The summed E-state index contributed by atoms with van der Waals surface area (Å²) in [5.74, 6) is 2.66. The summed E-state index contributed by atoms with van der Waals surface area (Å²) in [4.78, 5) is 2.42. The first-order valence-corrected chi connectivity index (χ1v) is 9.29. The highest BCUT2D eigenvalue weighted by atomic mass is 32.1. The van der Waals surface area contributed by atoms with Crippen LogP contribution in [0.25, 0.3) is 17.0 Å². The number of piperidine rings is 1. The summed E-state index contributed by atoms with van der Waals surface area (Å²) in [7, 11) is 0. The van der Waals surface area contributed by atoms with Crippen LogP contribution in [-0.4, -0.2) is 32.9 Å². The summed E-state index contributed by atoms with van der Waals surface area (Å²) < 4.78 is 1.88. The molecule has 120 valence electrons. The van der Waals surface area contributed by atoms with Gasteiger partial charge in [-0.2, -0.15) is 15.9 Å². The zero-order valence-electron chi connectivity index (χ0n) is 13.4. The van der Waals surface area contributed by atoms with Gasteiger partial charge in [0, 0.05) is 24.0 Å². The van der Waals surface area contributed by atoms with E-state index in [2.05, 4.69) is 44.9 Å². The molecular weight excluding hydrogens is 306 g/mol. The minimum atomic E-state index is 0.795.